The number of imidazole rings is 1. The van der Waals surface area contributed by atoms with Crippen molar-refractivity contribution in [2.24, 2.45) is 4.99 Å². The molecule has 1 radical (unpaired) electrons. The average molecular weight is 576 g/mol. The number of aliphatic imine (C=N–C) groups is 1. The standard InChI is InChI=1S/C15H24N5O15P2/c21-3-19-10-11(16-1-17-12-6(24)4(22)8(34-12)14(26)36(28,29)30)20(2-18-10)13-7(25)5(23)9(35-13)15(27)37(31,32)33/h1-2,4-9,12-15,22-27H,(H,16,17)(H,19,21)(H2,28,29,30)(H2,31,32,33)/t4-,5-,6+,7+,8-,9-,12?,13?,14?,15?/m0/s1. The van der Waals surface area contributed by atoms with Crippen LogP contribution in [0.4, 0.5) is 11.6 Å². The molecular weight excluding hydrogens is 552 g/mol. The van der Waals surface area contributed by atoms with E-state index >= 15 is 0 Å². The predicted octanol–water partition coefficient (Wildman–Crippen LogP) is -5.33. The van der Waals surface area contributed by atoms with E-state index in [-0.39, 0.29) is 11.6 Å². The quantitative estimate of drug-likeness (QED) is 0.0535. The molecule has 1 aromatic heterocycles. The molecule has 3 heterocycles. The van der Waals surface area contributed by atoms with Crippen molar-refractivity contribution in [3.63, 3.8) is 0 Å². The maximum atomic E-state index is 11.4. The van der Waals surface area contributed by atoms with Crippen LogP contribution in [0, 0.1) is 0 Å². The maximum absolute atomic E-state index is 11.4. The van der Waals surface area contributed by atoms with Gasteiger partial charge in [-0.15, -0.1) is 0 Å². The molecule has 0 saturated carbocycles. The van der Waals surface area contributed by atoms with Crippen LogP contribution in [0.1, 0.15) is 6.23 Å². The topological polar surface area (TPSA) is 326 Å². The molecule has 1 aromatic rings. The van der Waals surface area contributed by atoms with Gasteiger partial charge in [-0.1, -0.05) is 0 Å². The van der Waals surface area contributed by atoms with Gasteiger partial charge in [0.25, 0.3) is 0 Å². The molecule has 20 nitrogen and oxygen atoms in total. The summed E-state index contributed by atoms with van der Waals surface area (Å²) in [7, 11) is -10.3. The first kappa shape index (κ1) is 29.7. The van der Waals surface area contributed by atoms with Gasteiger partial charge in [0, 0.05) is 0 Å². The molecule has 2 aliphatic heterocycles. The van der Waals surface area contributed by atoms with Crippen molar-refractivity contribution in [3.8, 4) is 0 Å². The van der Waals surface area contributed by atoms with Crippen LogP contribution in [-0.4, -0.2) is 127 Å². The number of amides is 1. The number of anilines is 1. The molecule has 209 valence electrons. The number of carbonyl (C=O) groups excluding carboxylic acids is 1. The second-order valence-electron chi connectivity index (χ2n) is 7.96. The fraction of sp³-hybridized carbons (Fsp3) is 0.667. The van der Waals surface area contributed by atoms with E-state index in [9.17, 15) is 44.6 Å². The van der Waals surface area contributed by atoms with E-state index < -0.39 is 76.0 Å². The lowest BCUT2D eigenvalue weighted by atomic mass is 10.1. The zero-order chi connectivity index (χ0) is 27.9. The summed E-state index contributed by atoms with van der Waals surface area (Å²) in [6, 6.07) is 0. The van der Waals surface area contributed by atoms with Crippen LogP contribution in [0.2, 0.25) is 0 Å². The Morgan fingerprint density at radius 2 is 1.51 bits per heavy atom. The van der Waals surface area contributed by atoms with Crippen LogP contribution in [0.25, 0.3) is 0 Å². The second-order valence-corrected chi connectivity index (χ2v) is 11.4. The fourth-order valence-corrected chi connectivity index (χ4v) is 4.87. The molecular formula is C15H24N5O15P2. The van der Waals surface area contributed by atoms with E-state index in [1.807, 2.05) is 5.32 Å². The molecule has 37 heavy (non-hydrogen) atoms. The minimum atomic E-state index is -5.16. The van der Waals surface area contributed by atoms with Gasteiger partial charge in [-0.3, -0.25) is 23.8 Å². The number of nitrogens with one attached hydrogen (secondary N) is 2. The minimum Gasteiger partial charge on any atom is -0.387 e. The highest BCUT2D eigenvalue weighted by Crippen LogP contribution is 2.47. The number of hydrogen-bond donors (Lipinski definition) is 12. The Bertz CT molecular complexity index is 1090. The largest absolute Gasteiger partial charge is 0.387 e. The molecule has 2 saturated heterocycles. The average Bonchev–Trinajstić information content (AvgIpc) is 3.42. The molecule has 2 aliphatic rings. The van der Waals surface area contributed by atoms with Crippen LogP contribution in [-0.2, 0) is 23.4 Å². The number of hydrogen-bond acceptors (Lipinski definition) is 13. The molecule has 0 aromatic carbocycles. The molecule has 22 heteroatoms. The molecule has 0 spiro atoms. The third-order valence-electron chi connectivity index (χ3n) is 5.49. The Hall–Kier alpha value is -1.87. The van der Waals surface area contributed by atoms with E-state index in [0.29, 0.717) is 0 Å². The minimum absolute atomic E-state index is 0.306. The third kappa shape index (κ3) is 6.08. The fourth-order valence-electron chi connectivity index (χ4n) is 3.61. The summed E-state index contributed by atoms with van der Waals surface area (Å²) >= 11 is 0. The van der Waals surface area contributed by atoms with E-state index in [1.54, 1.807) is 0 Å². The van der Waals surface area contributed by atoms with Gasteiger partial charge in [0.15, 0.2) is 35.8 Å². The van der Waals surface area contributed by atoms with Crippen molar-refractivity contribution >= 4 is 39.6 Å². The van der Waals surface area contributed by atoms with Gasteiger partial charge in [-0.05, 0) is 0 Å². The molecule has 10 atom stereocenters. The summed E-state index contributed by atoms with van der Waals surface area (Å²) in [5, 5.41) is 64.4. The highest BCUT2D eigenvalue weighted by atomic mass is 31.2. The Labute approximate surface area is 206 Å². The van der Waals surface area contributed by atoms with Crippen LogP contribution in [0.5, 0.6) is 0 Å². The van der Waals surface area contributed by atoms with Crippen molar-refractivity contribution in [2.45, 2.75) is 60.8 Å². The van der Waals surface area contributed by atoms with Gasteiger partial charge >= 0.3 is 21.6 Å². The highest BCUT2D eigenvalue weighted by Gasteiger charge is 2.52. The zero-order valence-electron chi connectivity index (χ0n) is 18.2. The smallest absolute Gasteiger partial charge is 0.356 e. The van der Waals surface area contributed by atoms with Crippen molar-refractivity contribution < 1.29 is 73.6 Å². The van der Waals surface area contributed by atoms with Gasteiger partial charge in [-0.25, -0.2) is 9.98 Å². The molecule has 4 unspecified atom stereocenters. The summed E-state index contributed by atoms with van der Waals surface area (Å²) in [4.78, 5) is 55.0. The first-order chi connectivity index (χ1) is 17.1. The molecule has 0 bridgehead atoms. The Balaban J connectivity index is 1.82. The Morgan fingerprint density at radius 3 is 2.05 bits per heavy atom. The van der Waals surface area contributed by atoms with Crippen molar-refractivity contribution in [3.05, 3.63) is 6.33 Å². The van der Waals surface area contributed by atoms with Crippen LogP contribution in [0.3, 0.4) is 0 Å². The van der Waals surface area contributed by atoms with Crippen molar-refractivity contribution in [2.75, 3.05) is 5.32 Å². The summed E-state index contributed by atoms with van der Waals surface area (Å²) in [5.74, 6) is -5.59. The summed E-state index contributed by atoms with van der Waals surface area (Å²) < 4.78 is 33.8. The van der Waals surface area contributed by atoms with Gasteiger partial charge < -0.3 is 65.0 Å². The Morgan fingerprint density at radius 1 is 0.973 bits per heavy atom. The maximum Gasteiger partial charge on any atom is 0.356 e. The number of rotatable bonds is 10. The number of ether oxygens (including phenoxy) is 2. The molecule has 1 amide bonds. The number of aliphatic hydroxyl groups is 6. The van der Waals surface area contributed by atoms with Gasteiger partial charge in [-0.2, -0.15) is 0 Å². The summed E-state index contributed by atoms with van der Waals surface area (Å²) in [6.45, 7) is 0. The normalized spacial score (nSPS) is 34.5. The number of nitrogens with zero attached hydrogens (tertiary/aromatic N) is 3. The lowest BCUT2D eigenvalue weighted by Gasteiger charge is -2.21. The predicted molar refractivity (Wildman–Crippen MR) is 116 cm³/mol. The van der Waals surface area contributed by atoms with Crippen LogP contribution >= 0.6 is 15.2 Å². The van der Waals surface area contributed by atoms with Crippen LogP contribution < -0.4 is 10.6 Å². The van der Waals surface area contributed by atoms with Crippen LogP contribution in [0.15, 0.2) is 11.3 Å². The molecule has 3 rings (SSSR count). The first-order valence-corrected chi connectivity index (χ1v) is 13.4. The van der Waals surface area contributed by atoms with E-state index in [4.69, 9.17) is 29.0 Å². The third-order valence-corrected chi connectivity index (χ3v) is 7.46. The van der Waals surface area contributed by atoms with Gasteiger partial charge in [0.05, 0.1) is 6.34 Å². The van der Waals surface area contributed by atoms with E-state index in [1.165, 1.54) is 6.41 Å². The van der Waals surface area contributed by atoms with Gasteiger partial charge in [0.1, 0.15) is 43.0 Å². The monoisotopic (exact) mass is 576 g/mol. The lowest BCUT2D eigenvalue weighted by molar-refractivity contribution is -0.0670. The number of aromatic nitrogens is 2. The number of aliphatic hydroxyl groups excluding tert-OH is 6. The highest BCUT2D eigenvalue weighted by molar-refractivity contribution is 7.52. The van der Waals surface area contributed by atoms with Crippen molar-refractivity contribution in [1.82, 2.24) is 14.9 Å². The van der Waals surface area contributed by atoms with E-state index in [2.05, 4.69) is 15.3 Å². The van der Waals surface area contributed by atoms with E-state index in [0.717, 1.165) is 17.2 Å². The first-order valence-electron chi connectivity index (χ1n) is 10.1. The van der Waals surface area contributed by atoms with Crippen molar-refractivity contribution in [1.29, 1.82) is 0 Å². The molecule has 0 aliphatic carbocycles. The zero-order valence-corrected chi connectivity index (χ0v) is 20.0. The lowest BCUT2D eigenvalue weighted by Crippen LogP contribution is -2.41. The molecule has 12 N–H and O–H groups in total. The Kier molecular flexibility index (Phi) is 8.89. The SMILES string of the molecule is O=[C]Nc1ncn(C2O[C@H](C(O)P(=O)(O)O)[C@@H](O)[C@H]2O)c1N=CNC1O[C@H](C(O)P(=O)(O)O)[C@@H](O)[C@H]1O. The summed E-state index contributed by atoms with van der Waals surface area (Å²) in [6.07, 6.45) is -11.5. The second kappa shape index (κ2) is 11.1. The van der Waals surface area contributed by atoms with Gasteiger partial charge in [0.2, 0.25) is 0 Å². The summed E-state index contributed by atoms with van der Waals surface area (Å²) in [5.41, 5.74) is 0. The molecule has 2 fully saturated rings.